The van der Waals surface area contributed by atoms with Crippen molar-refractivity contribution in [2.24, 2.45) is 5.92 Å². The molecular formula is C23H26N4O4. The van der Waals surface area contributed by atoms with E-state index in [9.17, 15) is 4.79 Å². The van der Waals surface area contributed by atoms with Crippen LogP contribution in [0.15, 0.2) is 52.9 Å². The SMILES string of the molecule is COc1cccc(CNC(=O)C2CCN(c3nnc(-c4ccccc4)o3)CC2)c1OC. The Labute approximate surface area is 181 Å². The Bertz CT molecular complexity index is 1010. The third-order valence-electron chi connectivity index (χ3n) is 5.51. The lowest BCUT2D eigenvalue weighted by Gasteiger charge is -2.29. The van der Waals surface area contributed by atoms with Gasteiger partial charge in [0.25, 0.3) is 0 Å². The molecule has 3 aromatic rings. The quantitative estimate of drug-likeness (QED) is 0.625. The smallest absolute Gasteiger partial charge is 0.318 e. The number of hydrogen-bond acceptors (Lipinski definition) is 7. The minimum absolute atomic E-state index is 0.0417. The Morgan fingerprint density at radius 2 is 1.84 bits per heavy atom. The average Bonchev–Trinajstić information content (AvgIpc) is 3.33. The maximum Gasteiger partial charge on any atom is 0.318 e. The molecule has 8 nitrogen and oxygen atoms in total. The van der Waals surface area contributed by atoms with Crippen LogP contribution in [-0.2, 0) is 11.3 Å². The second kappa shape index (κ2) is 9.51. The van der Waals surface area contributed by atoms with Gasteiger partial charge < -0.3 is 24.1 Å². The molecule has 4 rings (SSSR count). The summed E-state index contributed by atoms with van der Waals surface area (Å²) in [6.07, 6.45) is 1.45. The lowest BCUT2D eigenvalue weighted by molar-refractivity contribution is -0.125. The van der Waals surface area contributed by atoms with E-state index in [0.717, 1.165) is 24.0 Å². The topological polar surface area (TPSA) is 89.7 Å². The zero-order valence-corrected chi connectivity index (χ0v) is 17.7. The molecule has 2 heterocycles. The monoisotopic (exact) mass is 422 g/mol. The van der Waals surface area contributed by atoms with E-state index in [-0.39, 0.29) is 11.8 Å². The molecule has 2 aromatic carbocycles. The van der Waals surface area contributed by atoms with Gasteiger partial charge in [0.2, 0.25) is 11.8 Å². The predicted molar refractivity (Wildman–Crippen MR) is 116 cm³/mol. The van der Waals surface area contributed by atoms with E-state index in [0.29, 0.717) is 43.0 Å². The third-order valence-corrected chi connectivity index (χ3v) is 5.51. The molecule has 162 valence electrons. The maximum atomic E-state index is 12.7. The molecule has 0 radical (unpaired) electrons. The number of carbonyl (C=O) groups excluding carboxylic acids is 1. The number of nitrogens with one attached hydrogen (secondary N) is 1. The summed E-state index contributed by atoms with van der Waals surface area (Å²) in [5.41, 5.74) is 1.77. The van der Waals surface area contributed by atoms with Gasteiger partial charge >= 0.3 is 6.01 Å². The highest BCUT2D eigenvalue weighted by Gasteiger charge is 2.27. The first kappa shape index (κ1) is 20.7. The van der Waals surface area contributed by atoms with Crippen molar-refractivity contribution in [1.82, 2.24) is 15.5 Å². The largest absolute Gasteiger partial charge is 0.493 e. The number of amides is 1. The minimum Gasteiger partial charge on any atom is -0.493 e. The second-order valence-corrected chi connectivity index (χ2v) is 7.39. The van der Waals surface area contributed by atoms with Gasteiger partial charge in [0.15, 0.2) is 11.5 Å². The van der Waals surface area contributed by atoms with Gasteiger partial charge in [0.1, 0.15) is 0 Å². The Balaban J connectivity index is 1.31. The summed E-state index contributed by atoms with van der Waals surface area (Å²) in [6.45, 7) is 1.78. The lowest BCUT2D eigenvalue weighted by atomic mass is 9.96. The number of carbonyl (C=O) groups is 1. The Kier molecular flexibility index (Phi) is 6.35. The molecule has 1 N–H and O–H groups in total. The fourth-order valence-electron chi connectivity index (χ4n) is 3.79. The molecule has 1 aliphatic heterocycles. The van der Waals surface area contributed by atoms with Crippen molar-refractivity contribution in [3.05, 3.63) is 54.1 Å². The number of para-hydroxylation sites is 1. The van der Waals surface area contributed by atoms with Crippen LogP contribution in [0.1, 0.15) is 18.4 Å². The lowest BCUT2D eigenvalue weighted by Crippen LogP contribution is -2.40. The second-order valence-electron chi connectivity index (χ2n) is 7.39. The number of methoxy groups -OCH3 is 2. The van der Waals surface area contributed by atoms with Crippen molar-refractivity contribution in [2.45, 2.75) is 19.4 Å². The van der Waals surface area contributed by atoms with Crippen LogP contribution in [0.2, 0.25) is 0 Å². The summed E-state index contributed by atoms with van der Waals surface area (Å²) < 4.78 is 16.6. The van der Waals surface area contributed by atoms with Crippen molar-refractivity contribution in [2.75, 3.05) is 32.2 Å². The Hall–Kier alpha value is -3.55. The Morgan fingerprint density at radius 1 is 1.06 bits per heavy atom. The molecule has 0 aliphatic carbocycles. The number of piperidine rings is 1. The molecule has 8 heteroatoms. The van der Waals surface area contributed by atoms with Gasteiger partial charge in [0.05, 0.1) is 14.2 Å². The number of rotatable bonds is 7. The summed E-state index contributed by atoms with van der Waals surface area (Å²) in [5, 5.41) is 11.4. The molecule has 0 saturated carbocycles. The van der Waals surface area contributed by atoms with Gasteiger partial charge in [-0.2, -0.15) is 0 Å². The number of nitrogens with zero attached hydrogens (tertiary/aromatic N) is 3. The van der Waals surface area contributed by atoms with E-state index in [2.05, 4.69) is 15.5 Å². The van der Waals surface area contributed by atoms with E-state index in [1.165, 1.54) is 0 Å². The highest BCUT2D eigenvalue weighted by Crippen LogP contribution is 2.31. The molecule has 0 bridgehead atoms. The summed E-state index contributed by atoms with van der Waals surface area (Å²) in [5.74, 6) is 1.79. The highest BCUT2D eigenvalue weighted by molar-refractivity contribution is 5.79. The number of ether oxygens (including phenoxy) is 2. The van der Waals surface area contributed by atoms with Gasteiger partial charge in [-0.15, -0.1) is 5.10 Å². The van der Waals surface area contributed by atoms with Crippen molar-refractivity contribution in [3.8, 4) is 23.0 Å². The van der Waals surface area contributed by atoms with E-state index in [4.69, 9.17) is 13.9 Å². The van der Waals surface area contributed by atoms with Crippen LogP contribution < -0.4 is 19.7 Å². The molecule has 1 aliphatic rings. The van der Waals surface area contributed by atoms with Crippen LogP contribution in [0.25, 0.3) is 11.5 Å². The molecule has 0 unspecified atom stereocenters. The molecule has 1 saturated heterocycles. The standard InChI is InChI=1S/C23H26N4O4/c1-29-19-10-6-9-18(20(19)30-2)15-24-21(28)16-11-13-27(14-12-16)23-26-25-22(31-23)17-7-4-3-5-8-17/h3-10,16H,11-15H2,1-2H3,(H,24,28). The van der Waals surface area contributed by atoms with Crippen LogP contribution in [0.5, 0.6) is 11.5 Å². The fourth-order valence-corrected chi connectivity index (χ4v) is 3.79. The van der Waals surface area contributed by atoms with Gasteiger partial charge in [-0.25, -0.2) is 0 Å². The first-order valence-electron chi connectivity index (χ1n) is 10.3. The van der Waals surface area contributed by atoms with Gasteiger partial charge in [-0.1, -0.05) is 35.4 Å². The molecule has 1 fully saturated rings. The molecule has 0 spiro atoms. The van der Waals surface area contributed by atoms with E-state index >= 15 is 0 Å². The minimum atomic E-state index is -0.0515. The summed E-state index contributed by atoms with van der Waals surface area (Å²) in [4.78, 5) is 14.7. The zero-order valence-electron chi connectivity index (χ0n) is 17.7. The van der Waals surface area contributed by atoms with Crippen LogP contribution in [-0.4, -0.2) is 43.4 Å². The summed E-state index contributed by atoms with van der Waals surface area (Å²) in [6, 6.07) is 15.8. The van der Waals surface area contributed by atoms with Crippen LogP contribution in [0, 0.1) is 5.92 Å². The summed E-state index contributed by atoms with van der Waals surface area (Å²) in [7, 11) is 3.19. The van der Waals surface area contributed by atoms with Crippen LogP contribution in [0.3, 0.4) is 0 Å². The molecule has 0 atom stereocenters. The molecule has 31 heavy (non-hydrogen) atoms. The van der Waals surface area contributed by atoms with E-state index < -0.39 is 0 Å². The number of hydrogen-bond donors (Lipinski definition) is 1. The predicted octanol–water partition coefficient (Wildman–Crippen LogP) is 3.29. The number of benzene rings is 2. The molecule has 1 amide bonds. The van der Waals surface area contributed by atoms with Gasteiger partial charge in [0, 0.05) is 36.7 Å². The third kappa shape index (κ3) is 4.63. The fraction of sp³-hybridized carbons (Fsp3) is 0.348. The number of anilines is 1. The van der Waals surface area contributed by atoms with Crippen molar-refractivity contribution in [1.29, 1.82) is 0 Å². The number of aromatic nitrogens is 2. The van der Waals surface area contributed by atoms with E-state index in [1.807, 2.05) is 53.4 Å². The van der Waals surface area contributed by atoms with Crippen molar-refractivity contribution < 1.29 is 18.7 Å². The molecular weight excluding hydrogens is 396 g/mol. The molecule has 1 aromatic heterocycles. The van der Waals surface area contributed by atoms with Gasteiger partial charge in [-0.05, 0) is 31.0 Å². The average molecular weight is 422 g/mol. The highest BCUT2D eigenvalue weighted by atomic mass is 16.5. The van der Waals surface area contributed by atoms with Crippen LogP contribution >= 0.6 is 0 Å². The van der Waals surface area contributed by atoms with Crippen molar-refractivity contribution >= 4 is 11.9 Å². The van der Waals surface area contributed by atoms with Crippen molar-refractivity contribution in [3.63, 3.8) is 0 Å². The first-order valence-corrected chi connectivity index (χ1v) is 10.3. The zero-order chi connectivity index (χ0) is 21.6. The van der Waals surface area contributed by atoms with Gasteiger partial charge in [-0.3, -0.25) is 4.79 Å². The maximum absolute atomic E-state index is 12.7. The van der Waals surface area contributed by atoms with Crippen LogP contribution in [0.4, 0.5) is 6.01 Å². The normalized spacial score (nSPS) is 14.3. The Morgan fingerprint density at radius 3 is 2.55 bits per heavy atom. The van der Waals surface area contributed by atoms with E-state index in [1.54, 1.807) is 14.2 Å². The first-order chi connectivity index (χ1) is 15.2. The summed E-state index contributed by atoms with van der Waals surface area (Å²) >= 11 is 0.